The van der Waals surface area contributed by atoms with Crippen molar-refractivity contribution in [2.45, 2.75) is 31.5 Å². The number of hydrogen-bond donors (Lipinski definition) is 0. The second-order valence-corrected chi connectivity index (χ2v) is 6.15. The Hall–Kier alpha value is -2.83. The average Bonchev–Trinajstić information content (AvgIpc) is 3.18. The molecule has 1 fully saturated rings. The number of hydrogen-bond acceptors (Lipinski definition) is 7. The average molecular weight is 328 g/mol. The molecule has 3 heterocycles. The van der Waals surface area contributed by atoms with Crippen LogP contribution in [0.15, 0.2) is 15.3 Å². The van der Waals surface area contributed by atoms with Crippen molar-refractivity contribution in [3.05, 3.63) is 33.2 Å². The van der Waals surface area contributed by atoms with Crippen molar-refractivity contribution in [3.8, 4) is 11.5 Å². The van der Waals surface area contributed by atoms with Gasteiger partial charge in [-0.25, -0.2) is 4.79 Å². The lowest BCUT2D eigenvalue weighted by atomic mass is 9.94. The van der Waals surface area contributed by atoms with Gasteiger partial charge in [-0.2, -0.15) is 0 Å². The normalized spacial score (nSPS) is 23.7. The Kier molecular flexibility index (Phi) is 2.48. The molecule has 5 rings (SSSR count). The first-order valence-corrected chi connectivity index (χ1v) is 7.68. The molecule has 0 unspecified atom stereocenters. The predicted octanol–water partition coefficient (Wildman–Crippen LogP) is 1.68. The van der Waals surface area contributed by atoms with E-state index in [1.807, 2.05) is 0 Å². The summed E-state index contributed by atoms with van der Waals surface area (Å²) in [7, 11) is 1.51. The molecule has 7 nitrogen and oxygen atoms in total. The third kappa shape index (κ3) is 1.54. The monoisotopic (exact) mass is 328 g/mol. The van der Waals surface area contributed by atoms with Crippen LogP contribution in [-0.4, -0.2) is 25.2 Å². The van der Waals surface area contributed by atoms with Gasteiger partial charge in [0.15, 0.2) is 5.78 Å². The van der Waals surface area contributed by atoms with Crippen LogP contribution in [0.4, 0.5) is 0 Å². The second-order valence-electron chi connectivity index (χ2n) is 6.15. The molecular weight excluding hydrogens is 316 g/mol. The number of Topliss-reactive ketones (excluding diaryl/α,β-unsaturated/α-hetero) is 1. The Morgan fingerprint density at radius 3 is 2.79 bits per heavy atom. The van der Waals surface area contributed by atoms with Gasteiger partial charge in [-0.3, -0.25) is 9.59 Å². The molecule has 1 aromatic heterocycles. The molecule has 2 aromatic rings. The maximum Gasteiger partial charge on any atom is 0.347 e. The number of fused-ring (bicyclic) bond motifs is 7. The molecule has 0 bridgehead atoms. The number of ether oxygens (including phenoxy) is 3. The largest absolute Gasteiger partial charge is 0.496 e. The van der Waals surface area contributed by atoms with Crippen LogP contribution in [0.3, 0.4) is 0 Å². The fourth-order valence-corrected chi connectivity index (χ4v) is 3.92. The smallest absolute Gasteiger partial charge is 0.347 e. The van der Waals surface area contributed by atoms with Gasteiger partial charge in [0.2, 0.25) is 0 Å². The van der Waals surface area contributed by atoms with Crippen LogP contribution >= 0.6 is 0 Å². The SMILES string of the molecule is COc1cc2c(c3oc(=O)c4c(c13)CCC4=O)[C@@H]1CC(=O)O[C@@H]1O2. The highest BCUT2D eigenvalue weighted by molar-refractivity contribution is 6.06. The number of benzene rings is 1. The summed E-state index contributed by atoms with van der Waals surface area (Å²) in [5.41, 5.74) is 1.08. The van der Waals surface area contributed by atoms with Crippen molar-refractivity contribution in [2.24, 2.45) is 0 Å². The summed E-state index contributed by atoms with van der Waals surface area (Å²) in [6.45, 7) is 0. The number of aryl methyl sites for hydroxylation is 1. The van der Waals surface area contributed by atoms with Gasteiger partial charge in [0.1, 0.15) is 22.6 Å². The predicted molar refractivity (Wildman–Crippen MR) is 79.6 cm³/mol. The Labute approximate surface area is 135 Å². The molecule has 1 aromatic carbocycles. The minimum Gasteiger partial charge on any atom is -0.496 e. The van der Waals surface area contributed by atoms with Crippen molar-refractivity contribution in [1.29, 1.82) is 0 Å². The summed E-state index contributed by atoms with van der Waals surface area (Å²) < 4.78 is 21.8. The van der Waals surface area contributed by atoms with Gasteiger partial charge in [-0.05, 0) is 12.0 Å². The van der Waals surface area contributed by atoms with E-state index in [0.29, 0.717) is 40.0 Å². The molecule has 7 heteroatoms. The molecule has 0 saturated carbocycles. The molecule has 24 heavy (non-hydrogen) atoms. The van der Waals surface area contributed by atoms with Gasteiger partial charge < -0.3 is 18.6 Å². The zero-order valence-electron chi connectivity index (χ0n) is 12.7. The molecule has 0 N–H and O–H groups in total. The third-order valence-corrected chi connectivity index (χ3v) is 4.93. The Morgan fingerprint density at radius 2 is 2.00 bits per heavy atom. The van der Waals surface area contributed by atoms with E-state index in [-0.39, 0.29) is 36.1 Å². The first kappa shape index (κ1) is 13.6. The topological polar surface area (TPSA) is 92.0 Å². The maximum atomic E-state index is 12.3. The number of esters is 1. The zero-order chi connectivity index (χ0) is 16.6. The zero-order valence-corrected chi connectivity index (χ0v) is 12.7. The number of carbonyl (C=O) groups is 2. The van der Waals surface area contributed by atoms with Crippen molar-refractivity contribution in [3.63, 3.8) is 0 Å². The van der Waals surface area contributed by atoms with Crippen LogP contribution < -0.4 is 15.1 Å². The Morgan fingerprint density at radius 1 is 1.17 bits per heavy atom. The van der Waals surface area contributed by atoms with Crippen molar-refractivity contribution < 1.29 is 28.2 Å². The second kappa shape index (κ2) is 4.37. The van der Waals surface area contributed by atoms with Gasteiger partial charge in [-0.1, -0.05) is 0 Å². The number of methoxy groups -OCH3 is 1. The number of ketones is 1. The molecular formula is C17H12O7. The van der Waals surface area contributed by atoms with E-state index in [1.54, 1.807) is 6.07 Å². The lowest BCUT2D eigenvalue weighted by Gasteiger charge is -2.12. The van der Waals surface area contributed by atoms with E-state index in [2.05, 4.69) is 0 Å². The molecule has 1 aliphatic carbocycles. The van der Waals surface area contributed by atoms with Crippen molar-refractivity contribution in [1.82, 2.24) is 0 Å². The van der Waals surface area contributed by atoms with Crippen LogP contribution in [0, 0.1) is 0 Å². The summed E-state index contributed by atoms with van der Waals surface area (Å²) in [6, 6.07) is 1.70. The summed E-state index contributed by atoms with van der Waals surface area (Å²) in [4.78, 5) is 35.9. The first-order chi connectivity index (χ1) is 11.6. The molecule has 2 aliphatic heterocycles. The van der Waals surface area contributed by atoms with Crippen LogP contribution in [-0.2, 0) is 16.0 Å². The van der Waals surface area contributed by atoms with Gasteiger partial charge in [0.25, 0.3) is 6.29 Å². The fourth-order valence-electron chi connectivity index (χ4n) is 3.92. The quantitative estimate of drug-likeness (QED) is 0.581. The summed E-state index contributed by atoms with van der Waals surface area (Å²) in [5, 5.41) is 0.611. The fraction of sp³-hybridized carbons (Fsp3) is 0.353. The van der Waals surface area contributed by atoms with E-state index in [4.69, 9.17) is 18.6 Å². The van der Waals surface area contributed by atoms with Crippen molar-refractivity contribution >= 4 is 22.7 Å². The van der Waals surface area contributed by atoms with Crippen LogP contribution in [0.1, 0.15) is 40.2 Å². The molecule has 3 aliphatic rings. The van der Waals surface area contributed by atoms with Gasteiger partial charge in [0, 0.05) is 18.1 Å². The van der Waals surface area contributed by atoms with E-state index in [0.717, 1.165) is 0 Å². The van der Waals surface area contributed by atoms with Gasteiger partial charge in [-0.15, -0.1) is 0 Å². The van der Waals surface area contributed by atoms with Crippen LogP contribution in [0.25, 0.3) is 11.0 Å². The molecule has 122 valence electrons. The molecule has 0 radical (unpaired) electrons. The molecule has 1 saturated heterocycles. The molecule has 0 spiro atoms. The third-order valence-electron chi connectivity index (χ3n) is 4.93. The summed E-state index contributed by atoms with van der Waals surface area (Å²) in [5.74, 6) is 0.0771. The van der Waals surface area contributed by atoms with E-state index in [9.17, 15) is 14.4 Å². The Bertz CT molecular complexity index is 1000. The highest BCUT2D eigenvalue weighted by atomic mass is 16.7. The lowest BCUT2D eigenvalue weighted by Crippen LogP contribution is -2.15. The summed E-state index contributed by atoms with van der Waals surface area (Å²) >= 11 is 0. The standard InChI is InChI=1S/C17H12O7/c1-21-9-5-10-14(7-4-11(19)23-17(7)22-10)15-13(9)6-2-3-8(18)12(6)16(20)24-15/h5,7,17H,2-4H2,1H3/t7-,17-/m0/s1. The molecule has 2 atom stereocenters. The van der Waals surface area contributed by atoms with Crippen LogP contribution in [0.5, 0.6) is 11.5 Å². The maximum absolute atomic E-state index is 12.3. The van der Waals surface area contributed by atoms with E-state index < -0.39 is 11.9 Å². The highest BCUT2D eigenvalue weighted by Crippen LogP contribution is 2.51. The number of rotatable bonds is 1. The van der Waals surface area contributed by atoms with Crippen molar-refractivity contribution in [2.75, 3.05) is 7.11 Å². The lowest BCUT2D eigenvalue weighted by molar-refractivity contribution is -0.150. The molecule has 0 amide bonds. The van der Waals surface area contributed by atoms with Gasteiger partial charge in [0.05, 0.1) is 24.8 Å². The van der Waals surface area contributed by atoms with E-state index in [1.165, 1.54) is 7.11 Å². The van der Waals surface area contributed by atoms with E-state index >= 15 is 0 Å². The summed E-state index contributed by atoms with van der Waals surface area (Å²) in [6.07, 6.45) is 0.209. The van der Waals surface area contributed by atoms with Crippen LogP contribution in [0.2, 0.25) is 0 Å². The minimum absolute atomic E-state index is 0.106. The first-order valence-electron chi connectivity index (χ1n) is 7.68. The highest BCUT2D eigenvalue weighted by Gasteiger charge is 2.47. The van der Waals surface area contributed by atoms with Gasteiger partial charge >= 0.3 is 11.6 Å². The Balaban J connectivity index is 1.90. The number of carbonyl (C=O) groups excluding carboxylic acids is 2. The minimum atomic E-state index is -0.706.